The number of hydrogen-bond acceptors (Lipinski definition) is 3. The fourth-order valence-electron chi connectivity index (χ4n) is 0.975. The third-order valence-corrected chi connectivity index (χ3v) is 2.88. The van der Waals surface area contributed by atoms with E-state index in [2.05, 4.69) is 5.32 Å². The summed E-state index contributed by atoms with van der Waals surface area (Å²) in [4.78, 5) is 10.1. The summed E-state index contributed by atoms with van der Waals surface area (Å²) in [5.41, 5.74) is 0. The van der Waals surface area contributed by atoms with Crippen LogP contribution in [-0.2, 0) is 10.0 Å². The van der Waals surface area contributed by atoms with E-state index in [1.54, 1.807) is 0 Å². The maximum Gasteiger partial charge on any atom is 0.404 e. The van der Waals surface area contributed by atoms with Crippen LogP contribution in [0.3, 0.4) is 0 Å². The molecule has 1 fully saturated rings. The Bertz CT molecular complexity index is 280. The molecule has 0 unspecified atom stereocenters. The van der Waals surface area contributed by atoms with Gasteiger partial charge in [-0.15, -0.1) is 0 Å². The molecule has 0 aromatic heterocycles. The van der Waals surface area contributed by atoms with Gasteiger partial charge in [0.15, 0.2) is 0 Å². The molecular formula is C5H10N2O4S. The molecule has 1 amide bonds. The zero-order valence-corrected chi connectivity index (χ0v) is 7.34. The fourth-order valence-corrected chi connectivity index (χ4v) is 1.88. The summed E-state index contributed by atoms with van der Waals surface area (Å²) in [7, 11) is -3.13. The van der Waals surface area contributed by atoms with Crippen LogP contribution in [0.25, 0.3) is 0 Å². The van der Waals surface area contributed by atoms with Crippen LogP contribution in [0.4, 0.5) is 4.79 Å². The van der Waals surface area contributed by atoms with Crippen molar-refractivity contribution >= 4 is 16.1 Å². The molecule has 0 spiro atoms. The van der Waals surface area contributed by atoms with E-state index in [0.717, 1.165) is 6.26 Å². The van der Waals surface area contributed by atoms with Gasteiger partial charge in [-0.1, -0.05) is 0 Å². The van der Waals surface area contributed by atoms with Crippen LogP contribution in [0.15, 0.2) is 0 Å². The highest BCUT2D eigenvalue weighted by molar-refractivity contribution is 7.88. The summed E-state index contributed by atoms with van der Waals surface area (Å²) in [5, 5.41) is 10.5. The van der Waals surface area contributed by atoms with Gasteiger partial charge >= 0.3 is 6.09 Å². The van der Waals surface area contributed by atoms with E-state index in [9.17, 15) is 13.2 Å². The SMILES string of the molecule is CS(=O)(=O)N1CC(NC(=O)O)C1. The Morgan fingerprint density at radius 1 is 1.58 bits per heavy atom. The van der Waals surface area contributed by atoms with Crippen LogP contribution in [0.5, 0.6) is 0 Å². The zero-order chi connectivity index (χ0) is 9.35. The molecule has 70 valence electrons. The number of sulfonamides is 1. The molecule has 1 saturated heterocycles. The second-order valence-corrected chi connectivity index (χ2v) is 4.71. The van der Waals surface area contributed by atoms with Gasteiger partial charge in [0.05, 0.1) is 12.3 Å². The first-order valence-electron chi connectivity index (χ1n) is 3.34. The molecule has 2 N–H and O–H groups in total. The average Bonchev–Trinajstić information content (AvgIpc) is 1.73. The molecular weight excluding hydrogens is 184 g/mol. The topological polar surface area (TPSA) is 86.7 Å². The Balaban J connectivity index is 2.34. The fraction of sp³-hybridized carbons (Fsp3) is 0.800. The molecule has 0 aromatic rings. The van der Waals surface area contributed by atoms with Gasteiger partial charge in [-0.25, -0.2) is 13.2 Å². The lowest BCUT2D eigenvalue weighted by molar-refractivity contribution is 0.168. The lowest BCUT2D eigenvalue weighted by atomic mass is 10.2. The third-order valence-electron chi connectivity index (χ3n) is 1.64. The standard InChI is InChI=1S/C5H10N2O4S/c1-12(10,11)7-2-4(3-7)6-5(8)9/h4,6H,2-3H2,1H3,(H,8,9). The molecule has 12 heavy (non-hydrogen) atoms. The first kappa shape index (κ1) is 9.27. The minimum atomic E-state index is -3.13. The molecule has 0 bridgehead atoms. The van der Waals surface area contributed by atoms with Crippen molar-refractivity contribution in [3.05, 3.63) is 0 Å². The van der Waals surface area contributed by atoms with Gasteiger partial charge in [0.1, 0.15) is 0 Å². The average molecular weight is 194 g/mol. The van der Waals surface area contributed by atoms with Gasteiger partial charge in [-0.3, -0.25) is 0 Å². The summed E-state index contributed by atoms with van der Waals surface area (Å²) in [5.74, 6) is 0. The third kappa shape index (κ3) is 2.08. The Labute approximate surface area is 70.2 Å². The minimum absolute atomic E-state index is 0.241. The maximum absolute atomic E-state index is 10.8. The summed E-state index contributed by atoms with van der Waals surface area (Å²) in [6.45, 7) is 0.482. The van der Waals surface area contributed by atoms with Crippen LogP contribution in [0.2, 0.25) is 0 Å². The van der Waals surface area contributed by atoms with Gasteiger partial charge in [0.2, 0.25) is 10.0 Å². The van der Waals surface area contributed by atoms with E-state index in [1.807, 2.05) is 0 Å². The van der Waals surface area contributed by atoms with E-state index in [4.69, 9.17) is 5.11 Å². The van der Waals surface area contributed by atoms with Gasteiger partial charge < -0.3 is 10.4 Å². The van der Waals surface area contributed by atoms with Gasteiger partial charge in [0, 0.05) is 13.1 Å². The molecule has 1 aliphatic rings. The number of nitrogens with zero attached hydrogens (tertiary/aromatic N) is 1. The van der Waals surface area contributed by atoms with Crippen molar-refractivity contribution in [3.8, 4) is 0 Å². The molecule has 7 heteroatoms. The van der Waals surface area contributed by atoms with E-state index in [0.29, 0.717) is 0 Å². The van der Waals surface area contributed by atoms with Crippen molar-refractivity contribution in [3.63, 3.8) is 0 Å². The summed E-state index contributed by atoms with van der Waals surface area (Å²) in [6, 6.07) is -0.253. The second kappa shape index (κ2) is 2.91. The van der Waals surface area contributed by atoms with Crippen LogP contribution in [-0.4, -0.2) is 49.3 Å². The minimum Gasteiger partial charge on any atom is -0.465 e. The number of carboxylic acid groups (broad SMARTS) is 1. The molecule has 1 aliphatic heterocycles. The smallest absolute Gasteiger partial charge is 0.404 e. The number of rotatable bonds is 2. The monoisotopic (exact) mass is 194 g/mol. The highest BCUT2D eigenvalue weighted by Gasteiger charge is 2.33. The highest BCUT2D eigenvalue weighted by atomic mass is 32.2. The Morgan fingerprint density at radius 3 is 2.42 bits per heavy atom. The lowest BCUT2D eigenvalue weighted by Crippen LogP contribution is -2.60. The Morgan fingerprint density at radius 2 is 2.08 bits per heavy atom. The maximum atomic E-state index is 10.8. The van der Waals surface area contributed by atoms with Crippen LogP contribution in [0.1, 0.15) is 0 Å². The van der Waals surface area contributed by atoms with Crippen molar-refractivity contribution in [2.45, 2.75) is 6.04 Å². The molecule has 6 nitrogen and oxygen atoms in total. The highest BCUT2D eigenvalue weighted by Crippen LogP contribution is 2.11. The van der Waals surface area contributed by atoms with Crippen molar-refractivity contribution in [1.29, 1.82) is 0 Å². The summed E-state index contributed by atoms with van der Waals surface area (Å²) in [6.07, 6.45) is -0.0163. The number of carbonyl (C=O) groups is 1. The second-order valence-electron chi connectivity index (χ2n) is 2.73. The predicted molar refractivity (Wildman–Crippen MR) is 41.4 cm³/mol. The molecule has 0 atom stereocenters. The van der Waals surface area contributed by atoms with Crippen molar-refractivity contribution < 1.29 is 18.3 Å². The molecule has 0 saturated carbocycles. The van der Waals surface area contributed by atoms with Crippen LogP contribution in [0, 0.1) is 0 Å². The van der Waals surface area contributed by atoms with Crippen molar-refractivity contribution in [2.75, 3.05) is 19.3 Å². The molecule has 0 aliphatic carbocycles. The van der Waals surface area contributed by atoms with E-state index < -0.39 is 16.1 Å². The largest absolute Gasteiger partial charge is 0.465 e. The van der Waals surface area contributed by atoms with Crippen molar-refractivity contribution in [2.24, 2.45) is 0 Å². The Kier molecular flexibility index (Phi) is 2.25. The predicted octanol–water partition coefficient (Wildman–Crippen LogP) is -1.10. The number of nitrogens with one attached hydrogen (secondary N) is 1. The number of hydrogen-bond donors (Lipinski definition) is 2. The first-order valence-corrected chi connectivity index (χ1v) is 5.19. The van der Waals surface area contributed by atoms with Crippen LogP contribution >= 0.6 is 0 Å². The number of amides is 1. The normalized spacial score (nSPS) is 20.1. The van der Waals surface area contributed by atoms with Gasteiger partial charge in [-0.2, -0.15) is 4.31 Å². The lowest BCUT2D eigenvalue weighted by Gasteiger charge is -2.36. The van der Waals surface area contributed by atoms with Crippen molar-refractivity contribution in [1.82, 2.24) is 9.62 Å². The summed E-state index contributed by atoms with van der Waals surface area (Å²) < 4.78 is 22.8. The first-order chi connectivity index (χ1) is 5.39. The van der Waals surface area contributed by atoms with E-state index in [1.165, 1.54) is 4.31 Å². The van der Waals surface area contributed by atoms with Gasteiger partial charge in [-0.05, 0) is 0 Å². The molecule has 1 heterocycles. The van der Waals surface area contributed by atoms with Crippen LogP contribution < -0.4 is 5.32 Å². The quantitative estimate of drug-likeness (QED) is 0.584. The summed E-state index contributed by atoms with van der Waals surface area (Å²) >= 11 is 0. The molecule has 0 aromatic carbocycles. The van der Waals surface area contributed by atoms with E-state index in [-0.39, 0.29) is 19.1 Å². The van der Waals surface area contributed by atoms with E-state index >= 15 is 0 Å². The Hall–Kier alpha value is -0.820. The zero-order valence-electron chi connectivity index (χ0n) is 6.52. The molecule has 1 rings (SSSR count). The molecule has 0 radical (unpaired) electrons. The van der Waals surface area contributed by atoms with Gasteiger partial charge in [0.25, 0.3) is 0 Å².